The highest BCUT2D eigenvalue weighted by molar-refractivity contribution is 4.81. The fourth-order valence-electron chi connectivity index (χ4n) is 4.67. The number of aliphatic hydroxyl groups excluding tert-OH is 1. The Labute approximate surface area is 216 Å². The van der Waals surface area contributed by atoms with Crippen LogP contribution < -0.4 is 0 Å². The maximum absolute atomic E-state index is 10.2. The summed E-state index contributed by atoms with van der Waals surface area (Å²) in [6.45, 7) is 4.52. The fourth-order valence-corrected chi connectivity index (χ4v) is 4.67. The van der Waals surface area contributed by atoms with E-state index in [-0.39, 0.29) is 6.10 Å². The van der Waals surface area contributed by atoms with E-state index >= 15 is 0 Å². The largest absolute Gasteiger partial charge is 0.393 e. The summed E-state index contributed by atoms with van der Waals surface area (Å²) in [5.41, 5.74) is 0. The first-order valence-corrected chi connectivity index (χ1v) is 15.8. The summed E-state index contributed by atoms with van der Waals surface area (Å²) >= 11 is 0. The molecule has 0 aromatic heterocycles. The molecule has 0 spiro atoms. The topological polar surface area (TPSA) is 20.2 Å². The molecule has 0 amide bonds. The molecule has 0 unspecified atom stereocenters. The van der Waals surface area contributed by atoms with Gasteiger partial charge in [0.05, 0.1) is 6.10 Å². The number of unbranched alkanes of at least 4 members (excludes halogenated alkanes) is 20. The molecule has 0 aromatic carbocycles. The van der Waals surface area contributed by atoms with Crippen molar-refractivity contribution in [1.82, 2.24) is 0 Å². The molecule has 1 heteroatoms. The molecule has 0 rings (SSSR count). The van der Waals surface area contributed by atoms with Crippen LogP contribution in [0.15, 0.2) is 24.3 Å². The van der Waals surface area contributed by atoms with Crippen molar-refractivity contribution in [2.24, 2.45) is 0 Å². The summed E-state index contributed by atoms with van der Waals surface area (Å²) < 4.78 is 0. The Balaban J connectivity index is 3.19. The molecule has 0 heterocycles. The van der Waals surface area contributed by atoms with Crippen LogP contribution >= 0.6 is 0 Å². The maximum Gasteiger partial charge on any atom is 0.0540 e. The van der Waals surface area contributed by atoms with E-state index in [0.29, 0.717) is 0 Å². The van der Waals surface area contributed by atoms with E-state index in [2.05, 4.69) is 38.2 Å². The van der Waals surface area contributed by atoms with Crippen LogP contribution in [0.2, 0.25) is 0 Å². The van der Waals surface area contributed by atoms with Crippen molar-refractivity contribution < 1.29 is 5.11 Å². The molecule has 0 fully saturated rings. The lowest BCUT2D eigenvalue weighted by Crippen LogP contribution is -2.05. The van der Waals surface area contributed by atoms with Gasteiger partial charge in [0.1, 0.15) is 0 Å². The Morgan fingerprint density at radius 1 is 0.382 bits per heavy atom. The molecule has 0 aliphatic carbocycles. The van der Waals surface area contributed by atoms with Crippen LogP contribution in [0.4, 0.5) is 0 Å². The van der Waals surface area contributed by atoms with Gasteiger partial charge < -0.3 is 5.11 Å². The zero-order valence-corrected chi connectivity index (χ0v) is 23.7. The van der Waals surface area contributed by atoms with Gasteiger partial charge in [-0.3, -0.25) is 0 Å². The molecular formula is C33H64O. The van der Waals surface area contributed by atoms with E-state index in [1.165, 1.54) is 154 Å². The minimum atomic E-state index is -0.0456. The van der Waals surface area contributed by atoms with Crippen LogP contribution in [0.1, 0.15) is 181 Å². The zero-order chi connectivity index (χ0) is 24.8. The first-order chi connectivity index (χ1) is 16.8. The summed E-state index contributed by atoms with van der Waals surface area (Å²) in [6.07, 6.45) is 43.6. The summed E-state index contributed by atoms with van der Waals surface area (Å²) in [4.78, 5) is 0. The molecule has 0 saturated heterocycles. The molecule has 0 atom stereocenters. The molecule has 34 heavy (non-hydrogen) atoms. The highest BCUT2D eigenvalue weighted by Gasteiger charge is 2.03. The zero-order valence-electron chi connectivity index (χ0n) is 23.7. The van der Waals surface area contributed by atoms with Gasteiger partial charge >= 0.3 is 0 Å². The highest BCUT2D eigenvalue weighted by atomic mass is 16.3. The van der Waals surface area contributed by atoms with Gasteiger partial charge in [0.2, 0.25) is 0 Å². The molecular weight excluding hydrogens is 412 g/mol. The van der Waals surface area contributed by atoms with E-state index in [0.717, 1.165) is 12.8 Å². The number of hydrogen-bond acceptors (Lipinski definition) is 1. The summed E-state index contributed by atoms with van der Waals surface area (Å²) in [6, 6.07) is 0. The Hall–Kier alpha value is -0.560. The summed E-state index contributed by atoms with van der Waals surface area (Å²) in [7, 11) is 0. The monoisotopic (exact) mass is 476 g/mol. The average Bonchev–Trinajstić information content (AvgIpc) is 2.84. The minimum absolute atomic E-state index is 0.0456. The minimum Gasteiger partial charge on any atom is -0.393 e. The van der Waals surface area contributed by atoms with E-state index in [1.807, 2.05) is 0 Å². The van der Waals surface area contributed by atoms with Gasteiger partial charge in [-0.25, -0.2) is 0 Å². The molecule has 0 aliphatic heterocycles. The van der Waals surface area contributed by atoms with Gasteiger partial charge in [-0.2, -0.15) is 0 Å². The number of allylic oxidation sites excluding steroid dienone is 4. The first-order valence-electron chi connectivity index (χ1n) is 15.8. The van der Waals surface area contributed by atoms with Crippen molar-refractivity contribution in [3.63, 3.8) is 0 Å². The maximum atomic E-state index is 10.2. The van der Waals surface area contributed by atoms with Gasteiger partial charge in [0, 0.05) is 0 Å². The molecule has 1 nitrogen and oxygen atoms in total. The lowest BCUT2D eigenvalue weighted by Gasteiger charge is -2.10. The molecule has 0 aromatic rings. The third-order valence-electron chi connectivity index (χ3n) is 7.10. The molecule has 202 valence electrons. The summed E-state index contributed by atoms with van der Waals surface area (Å²) in [5.74, 6) is 0. The predicted octanol–water partition coefficient (Wildman–Crippen LogP) is 11.6. The quantitative estimate of drug-likeness (QED) is 0.0879. The Bertz CT molecular complexity index is 373. The van der Waals surface area contributed by atoms with Gasteiger partial charge in [-0.15, -0.1) is 0 Å². The lowest BCUT2D eigenvalue weighted by atomic mass is 10.0. The SMILES string of the molecule is CCCC/C=C\CCCCCCCCCCC(O)CCCCCCCCCC/C=C\CCCC. The van der Waals surface area contributed by atoms with E-state index in [4.69, 9.17) is 0 Å². The van der Waals surface area contributed by atoms with Gasteiger partial charge in [-0.1, -0.05) is 154 Å². The van der Waals surface area contributed by atoms with E-state index in [9.17, 15) is 5.11 Å². The molecule has 1 N–H and O–H groups in total. The molecule has 0 bridgehead atoms. The normalized spacial score (nSPS) is 12.1. The van der Waals surface area contributed by atoms with Crippen molar-refractivity contribution >= 4 is 0 Å². The van der Waals surface area contributed by atoms with Gasteiger partial charge in [0.25, 0.3) is 0 Å². The second-order valence-corrected chi connectivity index (χ2v) is 10.7. The van der Waals surface area contributed by atoms with E-state index < -0.39 is 0 Å². The molecule has 0 saturated carbocycles. The van der Waals surface area contributed by atoms with E-state index in [1.54, 1.807) is 0 Å². The second kappa shape index (κ2) is 30.5. The third-order valence-corrected chi connectivity index (χ3v) is 7.10. The van der Waals surface area contributed by atoms with Crippen LogP contribution in [0.25, 0.3) is 0 Å². The number of hydrogen-bond donors (Lipinski definition) is 1. The van der Waals surface area contributed by atoms with Gasteiger partial charge in [-0.05, 0) is 51.4 Å². The van der Waals surface area contributed by atoms with Crippen molar-refractivity contribution in [2.45, 2.75) is 187 Å². The smallest absolute Gasteiger partial charge is 0.0540 e. The van der Waals surface area contributed by atoms with Gasteiger partial charge in [0.15, 0.2) is 0 Å². The second-order valence-electron chi connectivity index (χ2n) is 10.7. The number of aliphatic hydroxyl groups is 1. The highest BCUT2D eigenvalue weighted by Crippen LogP contribution is 2.16. The first kappa shape index (κ1) is 33.4. The molecule has 0 radical (unpaired) electrons. The lowest BCUT2D eigenvalue weighted by molar-refractivity contribution is 0.147. The van der Waals surface area contributed by atoms with Crippen LogP contribution in [-0.4, -0.2) is 11.2 Å². The fraction of sp³-hybridized carbons (Fsp3) is 0.879. The van der Waals surface area contributed by atoms with Crippen LogP contribution in [0.3, 0.4) is 0 Å². The van der Waals surface area contributed by atoms with Crippen molar-refractivity contribution in [3.8, 4) is 0 Å². The van der Waals surface area contributed by atoms with Crippen molar-refractivity contribution in [1.29, 1.82) is 0 Å². The average molecular weight is 477 g/mol. The Morgan fingerprint density at radius 2 is 0.647 bits per heavy atom. The van der Waals surface area contributed by atoms with Crippen molar-refractivity contribution in [3.05, 3.63) is 24.3 Å². The van der Waals surface area contributed by atoms with Crippen molar-refractivity contribution in [2.75, 3.05) is 0 Å². The van der Waals surface area contributed by atoms with Crippen LogP contribution in [0, 0.1) is 0 Å². The van der Waals surface area contributed by atoms with Crippen LogP contribution in [-0.2, 0) is 0 Å². The predicted molar refractivity (Wildman–Crippen MR) is 156 cm³/mol. The third kappa shape index (κ3) is 29.5. The standard InChI is InChI=1S/C33H64O/c1-3-5-7-9-11-13-15-17-19-21-23-25-27-29-31-33(34)32-30-28-26-24-22-20-18-16-14-12-10-8-6-4-2/h9-12,33-34H,3-8,13-32H2,1-2H3/b11-9-,12-10-. The Morgan fingerprint density at radius 3 is 0.971 bits per heavy atom. The number of rotatable bonds is 28. The summed E-state index contributed by atoms with van der Waals surface area (Å²) in [5, 5.41) is 10.2. The Kier molecular flexibility index (Phi) is 30.0. The van der Waals surface area contributed by atoms with Crippen LogP contribution in [0.5, 0.6) is 0 Å². The molecule has 0 aliphatic rings.